The summed E-state index contributed by atoms with van der Waals surface area (Å²) in [7, 11) is 0. The molecule has 1 fully saturated rings. The van der Waals surface area contributed by atoms with Gasteiger partial charge in [0.15, 0.2) is 12.4 Å². The van der Waals surface area contributed by atoms with Crippen molar-refractivity contribution in [1.29, 1.82) is 0 Å². The summed E-state index contributed by atoms with van der Waals surface area (Å²) in [6.45, 7) is 3.20. The second-order valence-electron chi connectivity index (χ2n) is 7.02. The minimum absolute atomic E-state index is 0.0568. The Morgan fingerprint density at radius 1 is 1.18 bits per heavy atom. The van der Waals surface area contributed by atoms with Crippen molar-refractivity contribution in [2.75, 3.05) is 24.6 Å². The van der Waals surface area contributed by atoms with Gasteiger partial charge in [0.2, 0.25) is 0 Å². The third-order valence-electron chi connectivity index (χ3n) is 4.84. The van der Waals surface area contributed by atoms with Crippen LogP contribution in [0.1, 0.15) is 40.5 Å². The summed E-state index contributed by atoms with van der Waals surface area (Å²) >= 11 is 0. The van der Waals surface area contributed by atoms with E-state index >= 15 is 0 Å². The van der Waals surface area contributed by atoms with Crippen LogP contribution in [0, 0.1) is 16.0 Å². The van der Waals surface area contributed by atoms with E-state index in [0.29, 0.717) is 17.2 Å². The number of carbonyl (C=O) groups is 2. The number of Topliss-reactive ketones (excluding diaryl/α,β-unsaturated/α-hetero) is 1. The van der Waals surface area contributed by atoms with Gasteiger partial charge in [-0.25, -0.2) is 4.79 Å². The van der Waals surface area contributed by atoms with Crippen LogP contribution >= 0.6 is 0 Å². The molecule has 7 nitrogen and oxygen atoms in total. The number of hydrogen-bond donors (Lipinski definition) is 0. The number of nitro benzene ring substituents is 1. The van der Waals surface area contributed by atoms with Crippen LogP contribution in [-0.4, -0.2) is 36.4 Å². The van der Waals surface area contributed by atoms with Crippen LogP contribution in [0.2, 0.25) is 0 Å². The summed E-state index contributed by atoms with van der Waals surface area (Å²) in [5, 5.41) is 11.5. The van der Waals surface area contributed by atoms with Gasteiger partial charge in [0.25, 0.3) is 5.69 Å². The van der Waals surface area contributed by atoms with Gasteiger partial charge in [0, 0.05) is 24.7 Å². The Labute approximate surface area is 163 Å². The highest BCUT2D eigenvalue weighted by molar-refractivity contribution is 5.99. The Kier molecular flexibility index (Phi) is 6.03. The molecule has 1 saturated heterocycles. The maximum Gasteiger partial charge on any atom is 0.338 e. The highest BCUT2D eigenvalue weighted by Crippen LogP contribution is 2.32. The zero-order chi connectivity index (χ0) is 20.1. The minimum atomic E-state index is -0.758. The first-order valence-electron chi connectivity index (χ1n) is 9.24. The maximum absolute atomic E-state index is 12.3. The molecule has 0 aromatic heterocycles. The number of ketones is 1. The van der Waals surface area contributed by atoms with E-state index in [9.17, 15) is 19.7 Å². The fourth-order valence-corrected chi connectivity index (χ4v) is 3.39. The van der Waals surface area contributed by atoms with E-state index in [1.54, 1.807) is 36.4 Å². The number of esters is 1. The summed E-state index contributed by atoms with van der Waals surface area (Å²) in [6, 6.07) is 12.8. The Morgan fingerprint density at radius 3 is 2.61 bits per heavy atom. The SMILES string of the molecule is CC1CCCN(c2ccc(C(=O)OCC(=O)c3ccccc3)cc2[N+](=O)[O-])C1. The number of rotatable bonds is 6. The molecule has 2 aromatic carbocycles. The molecule has 28 heavy (non-hydrogen) atoms. The van der Waals surface area contributed by atoms with Crippen LogP contribution in [0.25, 0.3) is 0 Å². The van der Waals surface area contributed by atoms with E-state index in [4.69, 9.17) is 4.74 Å². The van der Waals surface area contributed by atoms with Crippen molar-refractivity contribution in [3.8, 4) is 0 Å². The molecular weight excluding hydrogens is 360 g/mol. The lowest BCUT2D eigenvalue weighted by atomic mass is 9.99. The molecule has 0 bridgehead atoms. The van der Waals surface area contributed by atoms with Gasteiger partial charge in [-0.05, 0) is 30.9 Å². The first-order chi connectivity index (χ1) is 13.5. The molecule has 0 aliphatic carbocycles. The molecule has 0 spiro atoms. The lowest BCUT2D eigenvalue weighted by molar-refractivity contribution is -0.384. The standard InChI is InChI=1S/C21H22N2O5/c1-15-6-5-11-22(13-15)18-10-9-17(12-19(18)23(26)27)21(25)28-14-20(24)16-7-3-2-4-8-16/h2-4,7-10,12,15H,5-6,11,13-14H2,1H3. The molecule has 1 unspecified atom stereocenters. The number of piperidine rings is 1. The second-order valence-corrected chi connectivity index (χ2v) is 7.02. The molecule has 3 rings (SSSR count). The Morgan fingerprint density at radius 2 is 1.93 bits per heavy atom. The molecule has 7 heteroatoms. The number of anilines is 1. The van der Waals surface area contributed by atoms with Crippen LogP contribution in [0.15, 0.2) is 48.5 Å². The molecule has 0 amide bonds. The molecular formula is C21H22N2O5. The molecule has 0 N–H and O–H groups in total. The normalized spacial score (nSPS) is 16.5. The van der Waals surface area contributed by atoms with Crippen LogP contribution in [0.4, 0.5) is 11.4 Å². The number of ether oxygens (including phenoxy) is 1. The first-order valence-corrected chi connectivity index (χ1v) is 9.24. The molecule has 0 saturated carbocycles. The molecule has 146 valence electrons. The lowest BCUT2D eigenvalue weighted by Crippen LogP contribution is -2.34. The third kappa shape index (κ3) is 4.54. The summed E-state index contributed by atoms with van der Waals surface area (Å²) < 4.78 is 5.06. The van der Waals surface area contributed by atoms with Gasteiger partial charge in [-0.2, -0.15) is 0 Å². The minimum Gasteiger partial charge on any atom is -0.454 e. The van der Waals surface area contributed by atoms with Gasteiger partial charge in [-0.3, -0.25) is 14.9 Å². The van der Waals surface area contributed by atoms with Crippen molar-refractivity contribution < 1.29 is 19.2 Å². The van der Waals surface area contributed by atoms with E-state index in [-0.39, 0.29) is 17.0 Å². The fourth-order valence-electron chi connectivity index (χ4n) is 3.39. The smallest absolute Gasteiger partial charge is 0.338 e. The van der Waals surface area contributed by atoms with Gasteiger partial charge in [-0.1, -0.05) is 37.3 Å². The van der Waals surface area contributed by atoms with Gasteiger partial charge in [-0.15, -0.1) is 0 Å². The molecule has 1 heterocycles. The largest absolute Gasteiger partial charge is 0.454 e. The van der Waals surface area contributed by atoms with Crippen molar-refractivity contribution in [3.05, 3.63) is 69.8 Å². The maximum atomic E-state index is 12.3. The van der Waals surface area contributed by atoms with Crippen LogP contribution in [0.3, 0.4) is 0 Å². The van der Waals surface area contributed by atoms with E-state index < -0.39 is 17.5 Å². The number of carbonyl (C=O) groups excluding carboxylic acids is 2. The molecule has 1 aliphatic rings. The van der Waals surface area contributed by atoms with E-state index in [0.717, 1.165) is 25.9 Å². The third-order valence-corrected chi connectivity index (χ3v) is 4.84. The fraction of sp³-hybridized carbons (Fsp3) is 0.333. The van der Waals surface area contributed by atoms with Gasteiger partial charge in [0.05, 0.1) is 10.5 Å². The van der Waals surface area contributed by atoms with Crippen molar-refractivity contribution in [1.82, 2.24) is 0 Å². The van der Waals surface area contributed by atoms with Crippen LogP contribution < -0.4 is 4.90 Å². The average molecular weight is 382 g/mol. The van der Waals surface area contributed by atoms with Crippen molar-refractivity contribution in [2.45, 2.75) is 19.8 Å². The Balaban J connectivity index is 1.73. The van der Waals surface area contributed by atoms with E-state index in [2.05, 4.69) is 6.92 Å². The Hall–Kier alpha value is -3.22. The highest BCUT2D eigenvalue weighted by Gasteiger charge is 2.25. The average Bonchev–Trinajstić information content (AvgIpc) is 2.72. The number of hydrogen-bond acceptors (Lipinski definition) is 6. The predicted octanol–water partition coefficient (Wildman–Crippen LogP) is 3.87. The zero-order valence-corrected chi connectivity index (χ0v) is 15.7. The summed E-state index contributed by atoms with van der Waals surface area (Å²) in [6.07, 6.45) is 2.08. The van der Waals surface area contributed by atoms with Crippen molar-refractivity contribution in [2.24, 2.45) is 5.92 Å². The highest BCUT2D eigenvalue weighted by atomic mass is 16.6. The van der Waals surface area contributed by atoms with Crippen molar-refractivity contribution in [3.63, 3.8) is 0 Å². The predicted molar refractivity (Wildman–Crippen MR) is 105 cm³/mol. The van der Waals surface area contributed by atoms with Gasteiger partial charge in [0.1, 0.15) is 5.69 Å². The molecule has 1 aliphatic heterocycles. The topological polar surface area (TPSA) is 89.8 Å². The quantitative estimate of drug-likeness (QED) is 0.326. The van der Waals surface area contributed by atoms with E-state index in [1.807, 2.05) is 4.90 Å². The monoisotopic (exact) mass is 382 g/mol. The second kappa shape index (κ2) is 8.65. The zero-order valence-electron chi connectivity index (χ0n) is 15.7. The molecule has 0 radical (unpaired) electrons. The summed E-state index contributed by atoms with van der Waals surface area (Å²) in [4.78, 5) is 37.4. The van der Waals surface area contributed by atoms with Gasteiger partial charge < -0.3 is 9.64 Å². The summed E-state index contributed by atoms with van der Waals surface area (Å²) in [5.41, 5.74) is 0.878. The van der Waals surface area contributed by atoms with E-state index in [1.165, 1.54) is 12.1 Å². The number of benzene rings is 2. The summed E-state index contributed by atoms with van der Waals surface area (Å²) in [5.74, 6) is -0.629. The molecule has 1 atom stereocenters. The Bertz CT molecular complexity index is 882. The first kappa shape index (κ1) is 19.5. The number of nitrogens with zero attached hydrogens (tertiary/aromatic N) is 2. The van der Waals surface area contributed by atoms with Crippen molar-refractivity contribution >= 4 is 23.1 Å². The van der Waals surface area contributed by atoms with Gasteiger partial charge >= 0.3 is 5.97 Å². The molecule has 2 aromatic rings. The van der Waals surface area contributed by atoms with Crippen LogP contribution in [0.5, 0.6) is 0 Å². The van der Waals surface area contributed by atoms with Crippen LogP contribution in [-0.2, 0) is 4.74 Å². The lowest BCUT2D eigenvalue weighted by Gasteiger charge is -2.32. The number of nitro groups is 1.